The summed E-state index contributed by atoms with van der Waals surface area (Å²) in [5.41, 5.74) is 3.13. The van der Waals surface area contributed by atoms with Crippen molar-refractivity contribution in [2.75, 3.05) is 11.1 Å². The van der Waals surface area contributed by atoms with E-state index in [2.05, 4.69) is 10.3 Å². The van der Waals surface area contributed by atoms with Crippen molar-refractivity contribution in [1.82, 2.24) is 9.38 Å². The van der Waals surface area contributed by atoms with Gasteiger partial charge in [-0.15, -0.1) is 11.8 Å². The number of hydrogen-bond acceptors (Lipinski definition) is 3. The molecule has 1 aromatic carbocycles. The van der Waals surface area contributed by atoms with Crippen LogP contribution in [0.4, 0.5) is 14.5 Å². The molecular weight excluding hydrogens is 332 g/mol. The number of carbonyl (C=O) groups excluding carboxylic acids is 1. The van der Waals surface area contributed by atoms with Crippen molar-refractivity contribution in [3.63, 3.8) is 0 Å². The van der Waals surface area contributed by atoms with Gasteiger partial charge in [0.05, 0.1) is 11.4 Å². The SMILES string of the molecule is Cc1ccc2nc(CSCC(=O)Nc3ccc(F)c(F)c3)cn2c1. The summed E-state index contributed by atoms with van der Waals surface area (Å²) in [4.78, 5) is 16.3. The Labute approximate surface area is 141 Å². The maximum atomic E-state index is 13.1. The second-order valence-electron chi connectivity index (χ2n) is 5.37. The molecule has 2 heterocycles. The van der Waals surface area contributed by atoms with Gasteiger partial charge in [-0.2, -0.15) is 0 Å². The van der Waals surface area contributed by atoms with Crippen LogP contribution in [0.2, 0.25) is 0 Å². The van der Waals surface area contributed by atoms with Crippen molar-refractivity contribution in [3.8, 4) is 0 Å². The molecule has 0 radical (unpaired) electrons. The summed E-state index contributed by atoms with van der Waals surface area (Å²) in [6, 6.07) is 7.21. The molecule has 124 valence electrons. The zero-order valence-corrected chi connectivity index (χ0v) is 13.7. The first-order valence-corrected chi connectivity index (χ1v) is 8.43. The molecule has 3 rings (SSSR count). The quantitative estimate of drug-likeness (QED) is 0.764. The Morgan fingerprint density at radius 2 is 2.04 bits per heavy atom. The second kappa shape index (κ2) is 7.00. The third-order valence-corrected chi connectivity index (χ3v) is 4.30. The van der Waals surface area contributed by atoms with E-state index in [9.17, 15) is 13.6 Å². The molecule has 24 heavy (non-hydrogen) atoms. The van der Waals surface area contributed by atoms with Crippen LogP contribution in [0.25, 0.3) is 5.65 Å². The molecule has 7 heteroatoms. The molecular formula is C17H15F2N3OS. The van der Waals surface area contributed by atoms with Crippen molar-refractivity contribution < 1.29 is 13.6 Å². The first-order chi connectivity index (χ1) is 11.5. The molecule has 0 saturated heterocycles. The highest BCUT2D eigenvalue weighted by Gasteiger charge is 2.08. The normalized spacial score (nSPS) is 11.0. The van der Waals surface area contributed by atoms with E-state index < -0.39 is 11.6 Å². The number of aryl methyl sites for hydroxylation is 1. The average molecular weight is 347 g/mol. The Bertz CT molecular complexity index is 895. The van der Waals surface area contributed by atoms with Gasteiger partial charge in [-0.3, -0.25) is 4.79 Å². The summed E-state index contributed by atoms with van der Waals surface area (Å²) < 4.78 is 27.9. The summed E-state index contributed by atoms with van der Waals surface area (Å²) >= 11 is 1.40. The molecule has 0 atom stereocenters. The number of carbonyl (C=O) groups is 1. The lowest BCUT2D eigenvalue weighted by Crippen LogP contribution is -2.14. The zero-order valence-electron chi connectivity index (χ0n) is 12.9. The van der Waals surface area contributed by atoms with Gasteiger partial charge in [0.25, 0.3) is 0 Å². The van der Waals surface area contributed by atoms with Crippen molar-refractivity contribution >= 4 is 29.0 Å². The molecule has 1 N–H and O–H groups in total. The summed E-state index contributed by atoms with van der Waals surface area (Å²) in [6.45, 7) is 2.01. The summed E-state index contributed by atoms with van der Waals surface area (Å²) in [5, 5.41) is 2.54. The van der Waals surface area contributed by atoms with E-state index in [0.717, 1.165) is 29.0 Å². The van der Waals surface area contributed by atoms with E-state index in [4.69, 9.17) is 0 Å². The topological polar surface area (TPSA) is 46.4 Å². The second-order valence-corrected chi connectivity index (χ2v) is 6.36. The Balaban J connectivity index is 1.53. The minimum absolute atomic E-state index is 0.200. The molecule has 0 saturated carbocycles. The molecule has 3 aromatic rings. The lowest BCUT2D eigenvalue weighted by Gasteiger charge is -2.05. The van der Waals surface area contributed by atoms with Crippen LogP contribution in [0.15, 0.2) is 42.7 Å². The average Bonchev–Trinajstić information content (AvgIpc) is 2.92. The number of amides is 1. The van der Waals surface area contributed by atoms with Crippen molar-refractivity contribution in [2.45, 2.75) is 12.7 Å². The van der Waals surface area contributed by atoms with E-state index >= 15 is 0 Å². The fraction of sp³-hybridized carbons (Fsp3) is 0.176. The highest BCUT2D eigenvalue weighted by atomic mass is 32.2. The van der Waals surface area contributed by atoms with E-state index in [1.54, 1.807) is 0 Å². The first kappa shape index (κ1) is 16.4. The number of nitrogens with zero attached hydrogens (tertiary/aromatic N) is 2. The van der Waals surface area contributed by atoms with Crippen molar-refractivity contribution in [3.05, 3.63) is 65.6 Å². The number of aromatic nitrogens is 2. The lowest BCUT2D eigenvalue weighted by molar-refractivity contribution is -0.113. The van der Waals surface area contributed by atoms with Gasteiger partial charge in [0.2, 0.25) is 5.91 Å². The molecule has 0 bridgehead atoms. The molecule has 0 fully saturated rings. The van der Waals surface area contributed by atoms with Crippen LogP contribution in [0.3, 0.4) is 0 Å². The number of halogens is 2. The first-order valence-electron chi connectivity index (χ1n) is 7.28. The van der Waals surface area contributed by atoms with Crippen molar-refractivity contribution in [2.24, 2.45) is 0 Å². The molecule has 2 aromatic heterocycles. The van der Waals surface area contributed by atoms with E-state index in [0.29, 0.717) is 5.75 Å². The van der Waals surface area contributed by atoms with Crippen LogP contribution in [-0.2, 0) is 10.5 Å². The number of pyridine rings is 1. The molecule has 0 spiro atoms. The largest absolute Gasteiger partial charge is 0.325 e. The molecule has 0 aliphatic carbocycles. The maximum absolute atomic E-state index is 13.1. The Morgan fingerprint density at radius 3 is 2.83 bits per heavy atom. The van der Waals surface area contributed by atoms with Gasteiger partial charge in [0, 0.05) is 29.9 Å². The van der Waals surface area contributed by atoms with Crippen LogP contribution >= 0.6 is 11.8 Å². The predicted molar refractivity (Wildman–Crippen MR) is 91.1 cm³/mol. The Morgan fingerprint density at radius 1 is 1.21 bits per heavy atom. The molecule has 4 nitrogen and oxygen atoms in total. The van der Waals surface area contributed by atoms with Crippen molar-refractivity contribution in [1.29, 1.82) is 0 Å². The van der Waals surface area contributed by atoms with E-state index in [1.807, 2.05) is 35.9 Å². The molecule has 0 aliphatic rings. The standard InChI is InChI=1S/C17H15F2N3OS/c1-11-2-5-16-20-13(8-22(16)7-11)9-24-10-17(23)21-12-3-4-14(18)15(19)6-12/h2-8H,9-10H2,1H3,(H,21,23). The number of hydrogen-bond donors (Lipinski definition) is 1. The Hall–Kier alpha value is -2.41. The van der Waals surface area contributed by atoms with Gasteiger partial charge in [-0.05, 0) is 30.7 Å². The van der Waals surface area contributed by atoms with Crippen LogP contribution in [0, 0.1) is 18.6 Å². The summed E-state index contributed by atoms with van der Waals surface area (Å²) in [7, 11) is 0. The third kappa shape index (κ3) is 3.91. The molecule has 1 amide bonds. The van der Waals surface area contributed by atoms with Gasteiger partial charge in [0.1, 0.15) is 5.65 Å². The van der Waals surface area contributed by atoms with Crippen LogP contribution in [-0.4, -0.2) is 21.0 Å². The van der Waals surface area contributed by atoms with E-state index in [-0.39, 0.29) is 17.3 Å². The minimum Gasteiger partial charge on any atom is -0.325 e. The maximum Gasteiger partial charge on any atom is 0.234 e. The van der Waals surface area contributed by atoms with Gasteiger partial charge < -0.3 is 9.72 Å². The zero-order chi connectivity index (χ0) is 17.1. The number of anilines is 1. The predicted octanol–water partition coefficient (Wildman–Crippen LogP) is 3.79. The Kier molecular flexibility index (Phi) is 4.80. The summed E-state index contributed by atoms with van der Waals surface area (Å²) in [6.07, 6.45) is 3.93. The number of thioether (sulfide) groups is 1. The van der Waals surface area contributed by atoms with Gasteiger partial charge >= 0.3 is 0 Å². The number of rotatable bonds is 5. The summed E-state index contributed by atoms with van der Waals surface area (Å²) in [5.74, 6) is -1.41. The number of nitrogens with one attached hydrogen (secondary N) is 1. The fourth-order valence-electron chi connectivity index (χ4n) is 2.24. The monoisotopic (exact) mass is 347 g/mol. The van der Waals surface area contributed by atoms with Gasteiger partial charge in [-0.1, -0.05) is 6.07 Å². The smallest absolute Gasteiger partial charge is 0.234 e. The third-order valence-electron chi connectivity index (χ3n) is 3.34. The minimum atomic E-state index is -0.986. The molecule has 0 aliphatic heterocycles. The van der Waals surface area contributed by atoms with Crippen LogP contribution < -0.4 is 5.32 Å². The van der Waals surface area contributed by atoms with Gasteiger partial charge in [0.15, 0.2) is 11.6 Å². The van der Waals surface area contributed by atoms with Crippen LogP contribution in [0.5, 0.6) is 0 Å². The number of benzene rings is 1. The molecule has 0 unspecified atom stereocenters. The highest BCUT2D eigenvalue weighted by Crippen LogP contribution is 2.16. The lowest BCUT2D eigenvalue weighted by atomic mass is 10.3. The van der Waals surface area contributed by atoms with Crippen LogP contribution in [0.1, 0.15) is 11.3 Å². The fourth-order valence-corrected chi connectivity index (χ4v) is 2.95. The van der Waals surface area contributed by atoms with E-state index in [1.165, 1.54) is 17.8 Å². The number of fused-ring (bicyclic) bond motifs is 1. The number of imidazole rings is 1. The highest BCUT2D eigenvalue weighted by molar-refractivity contribution is 7.99. The van der Waals surface area contributed by atoms with Gasteiger partial charge in [-0.25, -0.2) is 13.8 Å².